The average molecular weight is 399 g/mol. The monoisotopic (exact) mass is 398 g/mol. The maximum Gasteiger partial charge on any atom is 0.162 e. The number of hydrogen-bond acceptors (Lipinski definition) is 2. The van der Waals surface area contributed by atoms with Gasteiger partial charge in [-0.15, -0.1) is 0 Å². The van der Waals surface area contributed by atoms with Crippen molar-refractivity contribution in [1.82, 2.24) is 9.97 Å². The summed E-state index contributed by atoms with van der Waals surface area (Å²) in [6.45, 7) is 1.88. The molecule has 0 atom stereocenters. The predicted octanol–water partition coefficient (Wildman–Crippen LogP) is 5.02. The Kier molecular flexibility index (Phi) is 4.13. The number of benzene rings is 1. The van der Waals surface area contributed by atoms with Crippen LogP contribution in [0.25, 0.3) is 11.4 Å². The van der Waals surface area contributed by atoms with Gasteiger partial charge in [-0.1, -0.05) is 34.8 Å². The summed E-state index contributed by atoms with van der Waals surface area (Å²) < 4.78 is 0.845. The lowest BCUT2D eigenvalue weighted by atomic mass is 10.2. The SMILES string of the molecule is Cc1nc(-c2ccc(Cl)cc2Cl)nc(Cl)c1I. The van der Waals surface area contributed by atoms with Crippen LogP contribution in [0.15, 0.2) is 18.2 Å². The van der Waals surface area contributed by atoms with Crippen LogP contribution < -0.4 is 0 Å². The van der Waals surface area contributed by atoms with Crippen LogP contribution in [0.5, 0.6) is 0 Å². The van der Waals surface area contributed by atoms with Crippen LogP contribution in [-0.2, 0) is 0 Å². The fourth-order valence-electron chi connectivity index (χ4n) is 1.32. The van der Waals surface area contributed by atoms with Gasteiger partial charge in [0.2, 0.25) is 0 Å². The van der Waals surface area contributed by atoms with E-state index in [9.17, 15) is 0 Å². The van der Waals surface area contributed by atoms with Gasteiger partial charge >= 0.3 is 0 Å². The van der Waals surface area contributed by atoms with Crippen molar-refractivity contribution in [3.05, 3.63) is 42.7 Å². The molecule has 0 saturated carbocycles. The molecular formula is C11H6Cl3IN2. The summed E-state index contributed by atoms with van der Waals surface area (Å²) in [7, 11) is 0. The topological polar surface area (TPSA) is 25.8 Å². The maximum absolute atomic E-state index is 6.10. The summed E-state index contributed by atoms with van der Waals surface area (Å²) in [5.74, 6) is 0.509. The van der Waals surface area contributed by atoms with Crippen molar-refractivity contribution in [3.8, 4) is 11.4 Å². The Hall–Kier alpha value is -0.100. The Morgan fingerprint density at radius 2 is 1.82 bits per heavy atom. The Morgan fingerprint density at radius 1 is 1.12 bits per heavy atom. The predicted molar refractivity (Wildman–Crippen MR) is 80.0 cm³/mol. The Morgan fingerprint density at radius 3 is 2.41 bits per heavy atom. The third-order valence-corrected chi connectivity index (χ3v) is 4.58. The van der Waals surface area contributed by atoms with Crippen LogP contribution in [0.2, 0.25) is 15.2 Å². The number of rotatable bonds is 1. The Labute approximate surface area is 127 Å². The summed E-state index contributed by atoms with van der Waals surface area (Å²) >= 11 is 20.1. The van der Waals surface area contributed by atoms with Gasteiger partial charge < -0.3 is 0 Å². The molecule has 6 heteroatoms. The average Bonchev–Trinajstić information content (AvgIpc) is 2.25. The van der Waals surface area contributed by atoms with Gasteiger partial charge in [0.25, 0.3) is 0 Å². The van der Waals surface area contributed by atoms with E-state index < -0.39 is 0 Å². The molecule has 2 rings (SSSR count). The van der Waals surface area contributed by atoms with E-state index in [1.165, 1.54) is 0 Å². The number of aryl methyl sites for hydroxylation is 1. The zero-order chi connectivity index (χ0) is 12.6. The van der Waals surface area contributed by atoms with Crippen molar-refractivity contribution in [2.75, 3.05) is 0 Å². The first kappa shape index (κ1) is 13.3. The molecule has 0 spiro atoms. The van der Waals surface area contributed by atoms with Gasteiger partial charge in [-0.3, -0.25) is 0 Å². The molecule has 0 amide bonds. The number of halogens is 4. The molecule has 0 N–H and O–H groups in total. The Balaban J connectivity index is 2.61. The molecule has 0 aliphatic carbocycles. The summed E-state index contributed by atoms with van der Waals surface area (Å²) in [5.41, 5.74) is 1.55. The second kappa shape index (κ2) is 5.26. The molecule has 0 unspecified atom stereocenters. The molecule has 1 aromatic carbocycles. The van der Waals surface area contributed by atoms with Crippen molar-refractivity contribution >= 4 is 57.4 Å². The summed E-state index contributed by atoms with van der Waals surface area (Å²) in [6.07, 6.45) is 0. The zero-order valence-corrected chi connectivity index (χ0v) is 13.1. The van der Waals surface area contributed by atoms with Crippen LogP contribution in [0.3, 0.4) is 0 Å². The van der Waals surface area contributed by atoms with E-state index in [2.05, 4.69) is 32.6 Å². The molecule has 1 heterocycles. The van der Waals surface area contributed by atoms with Crippen molar-refractivity contribution in [2.45, 2.75) is 6.92 Å². The van der Waals surface area contributed by atoms with Gasteiger partial charge in [-0.05, 0) is 47.7 Å². The van der Waals surface area contributed by atoms with E-state index in [4.69, 9.17) is 34.8 Å². The van der Waals surface area contributed by atoms with Crippen LogP contribution in [-0.4, -0.2) is 9.97 Å². The van der Waals surface area contributed by atoms with Crippen molar-refractivity contribution in [2.24, 2.45) is 0 Å². The molecule has 1 aromatic heterocycles. The van der Waals surface area contributed by atoms with E-state index in [1.807, 2.05) is 6.92 Å². The second-order valence-electron chi connectivity index (χ2n) is 3.36. The quantitative estimate of drug-likeness (QED) is 0.497. The van der Waals surface area contributed by atoms with E-state index >= 15 is 0 Å². The molecular weight excluding hydrogens is 393 g/mol. The fourth-order valence-corrected chi connectivity index (χ4v) is 2.27. The summed E-state index contributed by atoms with van der Waals surface area (Å²) in [5, 5.41) is 1.51. The summed E-state index contributed by atoms with van der Waals surface area (Å²) in [4.78, 5) is 8.58. The van der Waals surface area contributed by atoms with E-state index in [0.29, 0.717) is 21.0 Å². The molecule has 0 saturated heterocycles. The highest BCUT2D eigenvalue weighted by molar-refractivity contribution is 14.1. The van der Waals surface area contributed by atoms with Gasteiger partial charge in [-0.2, -0.15) is 0 Å². The number of nitrogens with zero attached hydrogens (tertiary/aromatic N) is 2. The van der Waals surface area contributed by atoms with E-state index in [0.717, 1.165) is 14.8 Å². The van der Waals surface area contributed by atoms with Gasteiger partial charge in [0, 0.05) is 10.6 Å². The maximum atomic E-state index is 6.10. The lowest BCUT2D eigenvalue weighted by molar-refractivity contribution is 1.09. The molecule has 17 heavy (non-hydrogen) atoms. The minimum absolute atomic E-state index is 0.430. The van der Waals surface area contributed by atoms with E-state index in [1.54, 1.807) is 18.2 Å². The smallest absolute Gasteiger partial charge is 0.162 e. The lowest BCUT2D eigenvalue weighted by Gasteiger charge is -2.06. The first-order chi connectivity index (χ1) is 7.99. The molecule has 0 aliphatic heterocycles. The molecule has 0 radical (unpaired) electrons. The van der Waals surface area contributed by atoms with Crippen LogP contribution in [0.4, 0.5) is 0 Å². The lowest BCUT2D eigenvalue weighted by Crippen LogP contribution is -1.96. The molecule has 0 bridgehead atoms. The minimum atomic E-state index is 0.430. The normalized spacial score (nSPS) is 10.6. The van der Waals surface area contributed by atoms with Crippen LogP contribution in [0.1, 0.15) is 5.69 Å². The third-order valence-electron chi connectivity index (χ3n) is 2.15. The third kappa shape index (κ3) is 2.84. The van der Waals surface area contributed by atoms with Crippen LogP contribution in [0, 0.1) is 10.5 Å². The van der Waals surface area contributed by atoms with Gasteiger partial charge in [-0.25, -0.2) is 9.97 Å². The van der Waals surface area contributed by atoms with Gasteiger partial charge in [0.1, 0.15) is 5.15 Å². The van der Waals surface area contributed by atoms with Gasteiger partial charge in [0.15, 0.2) is 5.82 Å². The first-order valence-electron chi connectivity index (χ1n) is 4.64. The number of hydrogen-bond donors (Lipinski definition) is 0. The summed E-state index contributed by atoms with van der Waals surface area (Å²) in [6, 6.07) is 5.18. The first-order valence-corrected chi connectivity index (χ1v) is 6.85. The highest BCUT2D eigenvalue weighted by Gasteiger charge is 2.11. The van der Waals surface area contributed by atoms with E-state index in [-0.39, 0.29) is 0 Å². The molecule has 0 aliphatic rings. The van der Waals surface area contributed by atoms with Crippen molar-refractivity contribution < 1.29 is 0 Å². The highest BCUT2D eigenvalue weighted by Crippen LogP contribution is 2.30. The largest absolute Gasteiger partial charge is 0.232 e. The number of aromatic nitrogens is 2. The minimum Gasteiger partial charge on any atom is -0.232 e. The van der Waals surface area contributed by atoms with Crippen molar-refractivity contribution in [1.29, 1.82) is 0 Å². The molecule has 0 fully saturated rings. The van der Waals surface area contributed by atoms with Crippen molar-refractivity contribution in [3.63, 3.8) is 0 Å². The highest BCUT2D eigenvalue weighted by atomic mass is 127. The zero-order valence-electron chi connectivity index (χ0n) is 8.64. The molecule has 2 aromatic rings. The standard InChI is InChI=1S/C11H6Cl3IN2/c1-5-9(15)10(14)17-11(16-5)7-3-2-6(12)4-8(7)13/h2-4H,1H3. The molecule has 2 nitrogen and oxygen atoms in total. The molecule has 88 valence electrons. The second-order valence-corrected chi connectivity index (χ2v) is 5.64. The fraction of sp³-hybridized carbons (Fsp3) is 0.0909. The van der Waals surface area contributed by atoms with Gasteiger partial charge in [0.05, 0.1) is 14.3 Å². The Bertz CT molecular complexity index is 564. The van der Waals surface area contributed by atoms with Crippen LogP contribution >= 0.6 is 57.4 Å².